The fourth-order valence-corrected chi connectivity index (χ4v) is 4.07. The van der Waals surface area contributed by atoms with Gasteiger partial charge in [0, 0.05) is 16.4 Å². The van der Waals surface area contributed by atoms with Gasteiger partial charge in [0.1, 0.15) is 0 Å². The lowest BCUT2D eigenvalue weighted by Gasteiger charge is -2.43. The summed E-state index contributed by atoms with van der Waals surface area (Å²) in [7, 11) is 0. The summed E-state index contributed by atoms with van der Waals surface area (Å²) in [6, 6.07) is 7.96. The molecule has 2 nitrogen and oxygen atoms in total. The van der Waals surface area contributed by atoms with Crippen molar-refractivity contribution in [3.63, 3.8) is 0 Å². The molecule has 0 amide bonds. The van der Waals surface area contributed by atoms with E-state index in [0.717, 1.165) is 28.8 Å². The SMILES string of the molecule is CCCC1CCC(CN)(C(O)c2ccccc2Br)CC1. The highest BCUT2D eigenvalue weighted by molar-refractivity contribution is 9.10. The zero-order valence-corrected chi connectivity index (χ0v) is 13.9. The zero-order chi connectivity index (χ0) is 14.6. The van der Waals surface area contributed by atoms with Crippen LogP contribution in [0.15, 0.2) is 28.7 Å². The van der Waals surface area contributed by atoms with Crippen molar-refractivity contribution in [1.82, 2.24) is 0 Å². The Labute approximate surface area is 130 Å². The molecular weight excluding hydrogens is 314 g/mol. The Kier molecular flexibility index (Phi) is 5.65. The Bertz CT molecular complexity index is 427. The fourth-order valence-electron chi connectivity index (χ4n) is 3.57. The second kappa shape index (κ2) is 7.06. The predicted octanol–water partition coefficient (Wildman–Crippen LogP) is 4.42. The van der Waals surface area contributed by atoms with Gasteiger partial charge in [0.2, 0.25) is 0 Å². The van der Waals surface area contributed by atoms with Crippen molar-refractivity contribution in [3.05, 3.63) is 34.3 Å². The lowest BCUT2D eigenvalue weighted by atomic mass is 9.65. The summed E-state index contributed by atoms with van der Waals surface area (Å²) >= 11 is 3.55. The van der Waals surface area contributed by atoms with E-state index in [2.05, 4.69) is 22.9 Å². The third kappa shape index (κ3) is 3.26. The van der Waals surface area contributed by atoms with Gasteiger partial charge in [-0.2, -0.15) is 0 Å². The van der Waals surface area contributed by atoms with Crippen LogP contribution >= 0.6 is 15.9 Å². The molecule has 0 saturated heterocycles. The van der Waals surface area contributed by atoms with Gasteiger partial charge in [0.15, 0.2) is 0 Å². The lowest BCUT2D eigenvalue weighted by molar-refractivity contribution is -0.0112. The third-order valence-corrected chi connectivity index (χ3v) is 5.71. The van der Waals surface area contributed by atoms with Crippen molar-refractivity contribution in [1.29, 1.82) is 0 Å². The van der Waals surface area contributed by atoms with Crippen LogP contribution in [0.5, 0.6) is 0 Å². The van der Waals surface area contributed by atoms with Gasteiger partial charge < -0.3 is 10.8 Å². The molecule has 1 atom stereocenters. The maximum absolute atomic E-state index is 10.9. The number of hydrogen-bond acceptors (Lipinski definition) is 2. The van der Waals surface area contributed by atoms with Gasteiger partial charge in [0.25, 0.3) is 0 Å². The van der Waals surface area contributed by atoms with Crippen molar-refractivity contribution in [2.45, 2.75) is 51.6 Å². The van der Waals surface area contributed by atoms with Crippen molar-refractivity contribution in [2.75, 3.05) is 6.54 Å². The van der Waals surface area contributed by atoms with Gasteiger partial charge in [-0.1, -0.05) is 53.9 Å². The first-order valence-corrected chi connectivity index (χ1v) is 8.55. The molecular formula is C17H26BrNO. The van der Waals surface area contributed by atoms with E-state index in [4.69, 9.17) is 5.73 Å². The molecule has 1 aliphatic carbocycles. The van der Waals surface area contributed by atoms with E-state index in [1.807, 2.05) is 24.3 Å². The molecule has 1 fully saturated rings. The van der Waals surface area contributed by atoms with Crippen LogP contribution in [0.1, 0.15) is 57.1 Å². The molecule has 0 spiro atoms. The number of halogens is 1. The highest BCUT2D eigenvalue weighted by atomic mass is 79.9. The van der Waals surface area contributed by atoms with Gasteiger partial charge >= 0.3 is 0 Å². The van der Waals surface area contributed by atoms with Crippen LogP contribution in [0.2, 0.25) is 0 Å². The van der Waals surface area contributed by atoms with Crippen LogP contribution < -0.4 is 5.73 Å². The number of aliphatic hydroxyl groups excluding tert-OH is 1. The zero-order valence-electron chi connectivity index (χ0n) is 12.3. The van der Waals surface area contributed by atoms with Crippen LogP contribution in [0.25, 0.3) is 0 Å². The Morgan fingerprint density at radius 2 is 2.00 bits per heavy atom. The quantitative estimate of drug-likeness (QED) is 0.834. The Morgan fingerprint density at radius 3 is 2.55 bits per heavy atom. The molecule has 3 N–H and O–H groups in total. The highest BCUT2D eigenvalue weighted by Crippen LogP contribution is 2.48. The molecule has 0 aliphatic heterocycles. The summed E-state index contributed by atoms with van der Waals surface area (Å²) in [5.41, 5.74) is 6.90. The van der Waals surface area contributed by atoms with Crippen LogP contribution in [0, 0.1) is 11.3 Å². The predicted molar refractivity (Wildman–Crippen MR) is 87.5 cm³/mol. The number of rotatable bonds is 5. The smallest absolute Gasteiger partial charge is 0.0869 e. The minimum Gasteiger partial charge on any atom is -0.388 e. The molecule has 0 heterocycles. The Hall–Kier alpha value is -0.380. The molecule has 0 bridgehead atoms. The number of aliphatic hydroxyl groups is 1. The van der Waals surface area contributed by atoms with E-state index < -0.39 is 6.10 Å². The molecule has 20 heavy (non-hydrogen) atoms. The van der Waals surface area contributed by atoms with E-state index in [-0.39, 0.29) is 5.41 Å². The molecule has 0 aromatic heterocycles. The summed E-state index contributed by atoms with van der Waals surface area (Å²) in [5, 5.41) is 10.9. The molecule has 0 radical (unpaired) electrons. The van der Waals surface area contributed by atoms with Gasteiger partial charge in [-0.15, -0.1) is 0 Å². The normalized spacial score (nSPS) is 28.3. The van der Waals surface area contributed by atoms with Gasteiger partial charge in [0.05, 0.1) is 6.10 Å². The van der Waals surface area contributed by atoms with Crippen LogP contribution in [0.4, 0.5) is 0 Å². The molecule has 1 unspecified atom stereocenters. The second-order valence-corrected chi connectivity index (χ2v) is 7.08. The van der Waals surface area contributed by atoms with Gasteiger partial charge in [-0.3, -0.25) is 0 Å². The van der Waals surface area contributed by atoms with Crippen molar-refractivity contribution in [3.8, 4) is 0 Å². The van der Waals surface area contributed by atoms with Crippen LogP contribution in [-0.2, 0) is 0 Å². The molecule has 1 aromatic carbocycles. The standard InChI is InChI=1S/C17H26BrNO/c1-2-5-13-8-10-17(12-19,11-9-13)16(20)14-6-3-4-7-15(14)18/h3-4,6-7,13,16,20H,2,5,8-12,19H2,1H3. The van der Waals surface area contributed by atoms with Crippen molar-refractivity contribution in [2.24, 2.45) is 17.1 Å². The monoisotopic (exact) mass is 339 g/mol. The average Bonchev–Trinajstić information content (AvgIpc) is 2.48. The van der Waals surface area contributed by atoms with E-state index in [9.17, 15) is 5.11 Å². The van der Waals surface area contributed by atoms with Gasteiger partial charge in [-0.05, 0) is 43.2 Å². The third-order valence-electron chi connectivity index (χ3n) is 4.98. The van der Waals surface area contributed by atoms with Crippen LogP contribution in [-0.4, -0.2) is 11.7 Å². The molecule has 112 valence electrons. The minimum atomic E-state index is -0.467. The minimum absolute atomic E-state index is 0.145. The molecule has 3 heteroatoms. The lowest BCUT2D eigenvalue weighted by Crippen LogP contribution is -2.40. The number of hydrogen-bond donors (Lipinski definition) is 2. The molecule has 1 saturated carbocycles. The number of benzene rings is 1. The van der Waals surface area contributed by atoms with E-state index >= 15 is 0 Å². The average molecular weight is 340 g/mol. The first kappa shape index (κ1) is 16.0. The molecule has 2 rings (SSSR count). The van der Waals surface area contributed by atoms with Gasteiger partial charge in [-0.25, -0.2) is 0 Å². The topological polar surface area (TPSA) is 46.2 Å². The van der Waals surface area contributed by atoms with E-state index in [1.165, 1.54) is 25.7 Å². The highest BCUT2D eigenvalue weighted by Gasteiger charge is 2.41. The van der Waals surface area contributed by atoms with Crippen molar-refractivity contribution < 1.29 is 5.11 Å². The Morgan fingerprint density at radius 1 is 1.35 bits per heavy atom. The Balaban J connectivity index is 2.14. The maximum Gasteiger partial charge on any atom is 0.0869 e. The first-order chi connectivity index (χ1) is 9.63. The van der Waals surface area contributed by atoms with E-state index in [1.54, 1.807) is 0 Å². The summed E-state index contributed by atoms with van der Waals surface area (Å²) in [6.07, 6.45) is 6.58. The first-order valence-electron chi connectivity index (χ1n) is 7.75. The largest absolute Gasteiger partial charge is 0.388 e. The summed E-state index contributed by atoms with van der Waals surface area (Å²) < 4.78 is 0.982. The summed E-state index contributed by atoms with van der Waals surface area (Å²) in [5.74, 6) is 0.825. The molecule has 1 aromatic rings. The van der Waals surface area contributed by atoms with Crippen molar-refractivity contribution >= 4 is 15.9 Å². The number of nitrogens with two attached hydrogens (primary N) is 1. The van der Waals surface area contributed by atoms with Crippen LogP contribution in [0.3, 0.4) is 0 Å². The fraction of sp³-hybridized carbons (Fsp3) is 0.647. The summed E-state index contributed by atoms with van der Waals surface area (Å²) in [6.45, 7) is 2.81. The summed E-state index contributed by atoms with van der Waals surface area (Å²) in [4.78, 5) is 0. The second-order valence-electron chi connectivity index (χ2n) is 6.22. The maximum atomic E-state index is 10.9. The van der Waals surface area contributed by atoms with E-state index in [0.29, 0.717) is 6.54 Å². The molecule has 1 aliphatic rings.